The van der Waals surface area contributed by atoms with Crippen LogP contribution < -0.4 is 14.8 Å². The maximum atomic E-state index is 13.3. The Hall–Kier alpha value is -2.93. The minimum Gasteiger partial charge on any atom is -0.490 e. The van der Waals surface area contributed by atoms with E-state index in [1.165, 1.54) is 12.1 Å². The van der Waals surface area contributed by atoms with Crippen LogP contribution >= 0.6 is 12.2 Å². The minimum absolute atomic E-state index is 0.138. The lowest BCUT2D eigenvalue weighted by molar-refractivity contribution is -0.122. The number of benzene rings is 2. The summed E-state index contributed by atoms with van der Waals surface area (Å²) in [6.45, 7) is 5.14. The second kappa shape index (κ2) is 9.52. The van der Waals surface area contributed by atoms with Crippen molar-refractivity contribution < 1.29 is 18.7 Å². The molecule has 0 aromatic heterocycles. The van der Waals surface area contributed by atoms with Gasteiger partial charge < -0.3 is 14.8 Å². The molecule has 3 rings (SSSR count). The van der Waals surface area contributed by atoms with Crippen LogP contribution in [0.3, 0.4) is 0 Å². The predicted molar refractivity (Wildman–Crippen MR) is 114 cm³/mol. The second-order valence-electron chi connectivity index (χ2n) is 6.50. The number of carbonyl (C=O) groups excluding carboxylic acids is 1. The summed E-state index contributed by atoms with van der Waals surface area (Å²) in [4.78, 5) is 14.1. The van der Waals surface area contributed by atoms with Crippen molar-refractivity contribution in [3.8, 4) is 11.5 Å². The Labute approximate surface area is 175 Å². The molecule has 5 nitrogen and oxygen atoms in total. The van der Waals surface area contributed by atoms with E-state index < -0.39 is 0 Å². The van der Waals surface area contributed by atoms with Crippen LogP contribution in [0.25, 0.3) is 6.08 Å². The molecule has 0 aliphatic carbocycles. The monoisotopic (exact) mass is 414 g/mol. The molecular weight excluding hydrogens is 391 g/mol. The lowest BCUT2D eigenvalue weighted by Gasteiger charge is -2.13. The van der Waals surface area contributed by atoms with Crippen molar-refractivity contribution in [3.05, 3.63) is 65.1 Å². The average molecular weight is 415 g/mol. The molecule has 7 heteroatoms. The highest BCUT2D eigenvalue weighted by atomic mass is 32.1. The van der Waals surface area contributed by atoms with E-state index in [0.29, 0.717) is 35.5 Å². The first-order valence-corrected chi connectivity index (χ1v) is 9.91. The molecule has 0 saturated carbocycles. The molecule has 0 radical (unpaired) electrons. The first kappa shape index (κ1) is 20.8. The number of hydrogen-bond acceptors (Lipinski definition) is 4. The quantitative estimate of drug-likeness (QED) is 0.516. The first-order valence-electron chi connectivity index (χ1n) is 9.50. The van der Waals surface area contributed by atoms with E-state index in [-0.39, 0.29) is 18.3 Å². The lowest BCUT2D eigenvalue weighted by Crippen LogP contribution is -2.31. The smallest absolute Gasteiger partial charge is 0.276 e. The number of ether oxygens (including phenoxy) is 2. The Balaban J connectivity index is 1.79. The summed E-state index contributed by atoms with van der Waals surface area (Å²) in [5, 5.41) is 3.39. The number of amides is 1. The van der Waals surface area contributed by atoms with E-state index in [1.54, 1.807) is 35.2 Å². The van der Waals surface area contributed by atoms with Gasteiger partial charge in [0.2, 0.25) is 0 Å². The molecule has 0 spiro atoms. The highest BCUT2D eigenvalue weighted by Crippen LogP contribution is 2.30. The van der Waals surface area contributed by atoms with Gasteiger partial charge >= 0.3 is 0 Å². The zero-order valence-electron chi connectivity index (χ0n) is 16.4. The highest BCUT2D eigenvalue weighted by molar-refractivity contribution is 7.80. The zero-order chi connectivity index (χ0) is 20.8. The van der Waals surface area contributed by atoms with Gasteiger partial charge in [0.05, 0.1) is 6.61 Å². The van der Waals surface area contributed by atoms with Gasteiger partial charge in [0.1, 0.15) is 18.1 Å². The maximum absolute atomic E-state index is 13.3. The van der Waals surface area contributed by atoms with Crippen molar-refractivity contribution in [2.45, 2.75) is 26.9 Å². The molecular formula is C22H23FN2O3S. The Morgan fingerprint density at radius 2 is 1.97 bits per heavy atom. The summed E-state index contributed by atoms with van der Waals surface area (Å²) >= 11 is 5.24. The van der Waals surface area contributed by atoms with Crippen LogP contribution in [0.4, 0.5) is 4.39 Å². The fraction of sp³-hybridized carbons (Fsp3) is 0.273. The summed E-state index contributed by atoms with van der Waals surface area (Å²) in [5.41, 5.74) is 1.94. The molecule has 1 aliphatic heterocycles. The van der Waals surface area contributed by atoms with Crippen LogP contribution in [0.5, 0.6) is 11.5 Å². The topological polar surface area (TPSA) is 50.8 Å². The van der Waals surface area contributed by atoms with Crippen LogP contribution in [0, 0.1) is 5.82 Å². The van der Waals surface area contributed by atoms with Gasteiger partial charge in [-0.25, -0.2) is 4.39 Å². The standard InChI is InChI=1S/C22H23FN2O3S/c1-3-10-25-21(26)18(24-22(25)29)12-15-8-9-19(20(13-15)27-4-2)28-14-16-6-5-7-17(23)11-16/h5-9,11-13H,3-4,10,14H2,1-2H3,(H,24,29)/b18-12-. The van der Waals surface area contributed by atoms with Crippen molar-refractivity contribution in [3.63, 3.8) is 0 Å². The fourth-order valence-electron chi connectivity index (χ4n) is 2.95. The summed E-state index contributed by atoms with van der Waals surface area (Å²) in [7, 11) is 0. The van der Waals surface area contributed by atoms with Gasteiger partial charge in [-0.3, -0.25) is 9.69 Å². The van der Waals surface area contributed by atoms with Crippen LogP contribution in [0.2, 0.25) is 0 Å². The number of rotatable bonds is 8. The molecule has 2 aromatic carbocycles. The molecule has 1 aliphatic rings. The van der Waals surface area contributed by atoms with Crippen molar-refractivity contribution in [1.82, 2.24) is 10.2 Å². The Morgan fingerprint density at radius 1 is 1.14 bits per heavy atom. The molecule has 152 valence electrons. The zero-order valence-corrected chi connectivity index (χ0v) is 17.2. The van der Waals surface area contributed by atoms with Gasteiger partial charge in [-0.2, -0.15) is 0 Å². The van der Waals surface area contributed by atoms with Gasteiger partial charge in [0.15, 0.2) is 16.6 Å². The number of hydrogen-bond donors (Lipinski definition) is 1. The van der Waals surface area contributed by atoms with Crippen molar-refractivity contribution in [1.29, 1.82) is 0 Å². The average Bonchev–Trinajstić information content (AvgIpc) is 2.95. The van der Waals surface area contributed by atoms with Crippen LogP contribution in [0.15, 0.2) is 48.2 Å². The number of carbonyl (C=O) groups is 1. The molecule has 1 heterocycles. The van der Waals surface area contributed by atoms with E-state index in [0.717, 1.165) is 17.5 Å². The van der Waals surface area contributed by atoms with Crippen molar-refractivity contribution in [2.75, 3.05) is 13.2 Å². The van der Waals surface area contributed by atoms with Crippen LogP contribution in [-0.4, -0.2) is 29.1 Å². The summed E-state index contributed by atoms with van der Waals surface area (Å²) in [6.07, 6.45) is 2.57. The van der Waals surface area contributed by atoms with E-state index in [4.69, 9.17) is 21.7 Å². The highest BCUT2D eigenvalue weighted by Gasteiger charge is 2.29. The molecule has 1 saturated heterocycles. The largest absolute Gasteiger partial charge is 0.490 e. The third-order valence-electron chi connectivity index (χ3n) is 4.27. The molecule has 2 aromatic rings. The Morgan fingerprint density at radius 3 is 2.69 bits per heavy atom. The van der Waals surface area contributed by atoms with E-state index >= 15 is 0 Å². The third-order valence-corrected chi connectivity index (χ3v) is 4.59. The predicted octanol–water partition coefficient (Wildman–Crippen LogP) is 4.27. The van der Waals surface area contributed by atoms with Gasteiger partial charge in [-0.05, 0) is 67.0 Å². The summed E-state index contributed by atoms with van der Waals surface area (Å²) in [6, 6.07) is 11.7. The normalized spacial score (nSPS) is 15.0. The van der Waals surface area contributed by atoms with Crippen molar-refractivity contribution in [2.24, 2.45) is 0 Å². The second-order valence-corrected chi connectivity index (χ2v) is 6.89. The minimum atomic E-state index is -0.304. The maximum Gasteiger partial charge on any atom is 0.276 e. The van der Waals surface area contributed by atoms with E-state index in [1.807, 2.05) is 19.9 Å². The molecule has 29 heavy (non-hydrogen) atoms. The van der Waals surface area contributed by atoms with Crippen molar-refractivity contribution >= 4 is 29.3 Å². The Bertz CT molecular complexity index is 945. The molecule has 0 atom stereocenters. The van der Waals surface area contributed by atoms with Crippen LogP contribution in [-0.2, 0) is 11.4 Å². The van der Waals surface area contributed by atoms with Gasteiger partial charge in [-0.1, -0.05) is 25.1 Å². The third kappa shape index (κ3) is 5.12. The first-order chi connectivity index (χ1) is 14.0. The van der Waals surface area contributed by atoms with E-state index in [9.17, 15) is 9.18 Å². The van der Waals surface area contributed by atoms with E-state index in [2.05, 4.69) is 5.32 Å². The van der Waals surface area contributed by atoms with Crippen LogP contribution in [0.1, 0.15) is 31.4 Å². The molecule has 1 fully saturated rings. The molecule has 1 amide bonds. The SMILES string of the molecule is CCCN1C(=O)/C(=C/c2ccc(OCc3cccc(F)c3)c(OCC)c2)NC1=S. The number of nitrogens with zero attached hydrogens (tertiary/aromatic N) is 1. The number of thiocarbonyl (C=S) groups is 1. The fourth-order valence-corrected chi connectivity index (χ4v) is 3.24. The number of halogens is 1. The Kier molecular flexibility index (Phi) is 6.82. The molecule has 0 bridgehead atoms. The summed E-state index contributed by atoms with van der Waals surface area (Å²) < 4.78 is 24.9. The van der Waals surface area contributed by atoms with Gasteiger partial charge in [0.25, 0.3) is 5.91 Å². The van der Waals surface area contributed by atoms with Gasteiger partial charge in [0, 0.05) is 6.54 Å². The molecule has 0 unspecified atom stereocenters. The number of nitrogens with one attached hydrogen (secondary N) is 1. The van der Waals surface area contributed by atoms with Gasteiger partial charge in [-0.15, -0.1) is 0 Å². The molecule has 1 N–H and O–H groups in total. The lowest BCUT2D eigenvalue weighted by atomic mass is 10.1. The summed E-state index contributed by atoms with van der Waals surface area (Å²) in [5.74, 6) is 0.659.